The Morgan fingerprint density at radius 1 is 1.38 bits per heavy atom. The SMILES string of the molecule is NCC1CCN(C(=O)CCCc2nc(-c3ccc(F)cc3)no2)C1. The number of aryl methyl sites for hydroxylation is 1. The minimum Gasteiger partial charge on any atom is -0.342 e. The molecule has 1 aliphatic heterocycles. The van der Waals surface area contributed by atoms with Gasteiger partial charge in [0.25, 0.3) is 0 Å². The summed E-state index contributed by atoms with van der Waals surface area (Å²) < 4.78 is 18.1. The van der Waals surface area contributed by atoms with Crippen molar-refractivity contribution in [3.63, 3.8) is 0 Å². The van der Waals surface area contributed by atoms with E-state index in [1.807, 2.05) is 4.90 Å². The molecule has 2 aromatic rings. The first kappa shape index (κ1) is 16.6. The fourth-order valence-corrected chi connectivity index (χ4v) is 2.87. The molecular formula is C17H21FN4O2. The van der Waals surface area contributed by atoms with E-state index in [9.17, 15) is 9.18 Å². The van der Waals surface area contributed by atoms with E-state index in [2.05, 4.69) is 10.1 Å². The van der Waals surface area contributed by atoms with E-state index in [1.165, 1.54) is 12.1 Å². The summed E-state index contributed by atoms with van der Waals surface area (Å²) in [5.41, 5.74) is 6.35. The Kier molecular flexibility index (Phi) is 5.20. The van der Waals surface area contributed by atoms with Gasteiger partial charge in [-0.25, -0.2) is 4.39 Å². The highest BCUT2D eigenvalue weighted by Gasteiger charge is 2.24. The highest BCUT2D eigenvalue weighted by molar-refractivity contribution is 5.76. The van der Waals surface area contributed by atoms with Gasteiger partial charge in [0.15, 0.2) is 0 Å². The molecule has 0 bridgehead atoms. The summed E-state index contributed by atoms with van der Waals surface area (Å²) in [6.07, 6.45) is 2.67. The first-order valence-electron chi connectivity index (χ1n) is 8.22. The average molecular weight is 332 g/mol. The van der Waals surface area contributed by atoms with Crippen LogP contribution in [0.2, 0.25) is 0 Å². The molecule has 1 aromatic heterocycles. The Hall–Kier alpha value is -2.28. The number of amides is 1. The molecule has 1 aromatic carbocycles. The smallest absolute Gasteiger partial charge is 0.226 e. The number of aromatic nitrogens is 2. The summed E-state index contributed by atoms with van der Waals surface area (Å²) in [4.78, 5) is 18.3. The zero-order chi connectivity index (χ0) is 16.9. The molecule has 1 saturated heterocycles. The topological polar surface area (TPSA) is 85.2 Å². The average Bonchev–Trinajstić information content (AvgIpc) is 3.24. The van der Waals surface area contributed by atoms with Gasteiger partial charge in [-0.1, -0.05) is 5.16 Å². The summed E-state index contributed by atoms with van der Waals surface area (Å²) in [5.74, 6) is 1.21. The number of halogens is 1. The molecule has 0 radical (unpaired) electrons. The molecule has 1 atom stereocenters. The van der Waals surface area contributed by atoms with Crippen molar-refractivity contribution in [1.82, 2.24) is 15.0 Å². The number of hydrogen-bond acceptors (Lipinski definition) is 5. The highest BCUT2D eigenvalue weighted by atomic mass is 19.1. The number of nitrogens with zero attached hydrogens (tertiary/aromatic N) is 3. The van der Waals surface area contributed by atoms with Crippen LogP contribution in [-0.2, 0) is 11.2 Å². The number of carbonyl (C=O) groups is 1. The molecular weight excluding hydrogens is 311 g/mol. The first-order valence-corrected chi connectivity index (χ1v) is 8.22. The van der Waals surface area contributed by atoms with Gasteiger partial charge in [-0.3, -0.25) is 4.79 Å². The lowest BCUT2D eigenvalue weighted by Crippen LogP contribution is -2.29. The second kappa shape index (κ2) is 7.53. The van der Waals surface area contributed by atoms with Crippen LogP contribution in [0.3, 0.4) is 0 Å². The third kappa shape index (κ3) is 3.97. The Labute approximate surface area is 139 Å². The van der Waals surface area contributed by atoms with Crippen LogP contribution in [-0.4, -0.2) is 40.6 Å². The van der Waals surface area contributed by atoms with Crippen molar-refractivity contribution in [2.45, 2.75) is 25.7 Å². The number of rotatable bonds is 6. The maximum absolute atomic E-state index is 12.9. The fraction of sp³-hybridized carbons (Fsp3) is 0.471. The molecule has 1 fully saturated rings. The van der Waals surface area contributed by atoms with Crippen LogP contribution in [0.4, 0.5) is 4.39 Å². The lowest BCUT2D eigenvalue weighted by atomic mass is 10.1. The van der Waals surface area contributed by atoms with Crippen LogP contribution < -0.4 is 5.73 Å². The summed E-state index contributed by atoms with van der Waals surface area (Å²) in [5, 5.41) is 3.89. The standard InChI is InChI=1S/C17H21FN4O2/c18-14-6-4-13(5-7-14)17-20-15(24-21-17)2-1-3-16(23)22-9-8-12(10-19)11-22/h4-7,12H,1-3,8-11,19H2. The van der Waals surface area contributed by atoms with Crippen molar-refractivity contribution in [3.05, 3.63) is 36.0 Å². The van der Waals surface area contributed by atoms with Crippen molar-refractivity contribution < 1.29 is 13.7 Å². The molecule has 6 nitrogen and oxygen atoms in total. The lowest BCUT2D eigenvalue weighted by Gasteiger charge is -2.15. The molecule has 1 amide bonds. The van der Waals surface area contributed by atoms with Gasteiger partial charge in [0.2, 0.25) is 17.6 Å². The summed E-state index contributed by atoms with van der Waals surface area (Å²) in [6, 6.07) is 5.92. The third-order valence-corrected chi connectivity index (χ3v) is 4.32. The van der Waals surface area contributed by atoms with Crippen LogP contribution in [0.25, 0.3) is 11.4 Å². The van der Waals surface area contributed by atoms with E-state index >= 15 is 0 Å². The predicted octanol–water partition coefficient (Wildman–Crippen LogP) is 2.01. The first-order chi connectivity index (χ1) is 11.7. The number of benzene rings is 1. The lowest BCUT2D eigenvalue weighted by molar-refractivity contribution is -0.130. The zero-order valence-electron chi connectivity index (χ0n) is 13.4. The van der Waals surface area contributed by atoms with Crippen LogP contribution in [0.1, 0.15) is 25.2 Å². The van der Waals surface area contributed by atoms with Gasteiger partial charge >= 0.3 is 0 Å². The molecule has 1 unspecified atom stereocenters. The predicted molar refractivity (Wildman–Crippen MR) is 86.4 cm³/mol. The van der Waals surface area contributed by atoms with Crippen LogP contribution in [0.15, 0.2) is 28.8 Å². The monoisotopic (exact) mass is 332 g/mol. The van der Waals surface area contributed by atoms with Gasteiger partial charge in [-0.2, -0.15) is 4.98 Å². The van der Waals surface area contributed by atoms with Crippen LogP contribution in [0.5, 0.6) is 0 Å². The van der Waals surface area contributed by atoms with Crippen molar-refractivity contribution in [1.29, 1.82) is 0 Å². The molecule has 1 aliphatic rings. The molecule has 0 saturated carbocycles. The Morgan fingerprint density at radius 3 is 2.88 bits per heavy atom. The van der Waals surface area contributed by atoms with E-state index in [0.29, 0.717) is 49.0 Å². The van der Waals surface area contributed by atoms with Crippen LogP contribution >= 0.6 is 0 Å². The Balaban J connectivity index is 1.47. The third-order valence-electron chi connectivity index (χ3n) is 4.32. The van der Waals surface area contributed by atoms with Crippen molar-refractivity contribution in [3.8, 4) is 11.4 Å². The normalized spacial score (nSPS) is 17.4. The van der Waals surface area contributed by atoms with E-state index in [1.54, 1.807) is 12.1 Å². The molecule has 0 spiro atoms. The van der Waals surface area contributed by atoms with E-state index in [4.69, 9.17) is 10.3 Å². The van der Waals surface area contributed by atoms with Crippen molar-refractivity contribution in [2.24, 2.45) is 11.7 Å². The zero-order valence-corrected chi connectivity index (χ0v) is 13.4. The van der Waals surface area contributed by atoms with E-state index in [0.717, 1.165) is 19.5 Å². The molecule has 24 heavy (non-hydrogen) atoms. The molecule has 2 N–H and O–H groups in total. The van der Waals surface area contributed by atoms with E-state index in [-0.39, 0.29) is 11.7 Å². The van der Waals surface area contributed by atoms with Crippen LogP contribution in [0, 0.1) is 11.7 Å². The van der Waals surface area contributed by atoms with Gasteiger partial charge < -0.3 is 15.2 Å². The van der Waals surface area contributed by atoms with Gasteiger partial charge in [0, 0.05) is 31.5 Å². The fourth-order valence-electron chi connectivity index (χ4n) is 2.87. The maximum Gasteiger partial charge on any atom is 0.226 e. The summed E-state index contributed by atoms with van der Waals surface area (Å²) in [6.45, 7) is 2.21. The largest absolute Gasteiger partial charge is 0.342 e. The second-order valence-corrected chi connectivity index (χ2v) is 6.10. The molecule has 2 heterocycles. The summed E-state index contributed by atoms with van der Waals surface area (Å²) >= 11 is 0. The van der Waals surface area contributed by atoms with Gasteiger partial charge in [0.1, 0.15) is 5.82 Å². The maximum atomic E-state index is 12.9. The quantitative estimate of drug-likeness (QED) is 0.874. The summed E-state index contributed by atoms with van der Waals surface area (Å²) in [7, 11) is 0. The number of hydrogen-bond donors (Lipinski definition) is 1. The van der Waals surface area contributed by atoms with Gasteiger partial charge in [-0.05, 0) is 49.6 Å². The molecule has 7 heteroatoms. The molecule has 3 rings (SSSR count). The Bertz CT molecular complexity index is 686. The van der Waals surface area contributed by atoms with E-state index < -0.39 is 0 Å². The Morgan fingerprint density at radius 2 is 2.17 bits per heavy atom. The van der Waals surface area contributed by atoms with Crippen molar-refractivity contribution in [2.75, 3.05) is 19.6 Å². The minimum absolute atomic E-state index is 0.157. The van der Waals surface area contributed by atoms with Gasteiger partial charge in [0.05, 0.1) is 0 Å². The number of nitrogens with two attached hydrogens (primary N) is 1. The minimum atomic E-state index is -0.306. The second-order valence-electron chi connectivity index (χ2n) is 6.10. The molecule has 128 valence electrons. The molecule has 0 aliphatic carbocycles. The van der Waals surface area contributed by atoms with Gasteiger partial charge in [-0.15, -0.1) is 0 Å². The number of carbonyl (C=O) groups excluding carboxylic acids is 1. The number of likely N-dealkylation sites (tertiary alicyclic amines) is 1. The highest BCUT2D eigenvalue weighted by Crippen LogP contribution is 2.18. The van der Waals surface area contributed by atoms with Crippen molar-refractivity contribution >= 4 is 5.91 Å².